The molecule has 0 aliphatic rings. The molecule has 1 N–H and O–H groups in total. The maximum atomic E-state index is 8.49. The zero-order chi connectivity index (χ0) is 11.1. The third kappa shape index (κ3) is 3.09. The number of nitrogens with zero attached hydrogens (tertiary/aromatic N) is 4. The first-order valence-corrected chi connectivity index (χ1v) is 4.82. The number of aromatic nitrogens is 3. The van der Waals surface area contributed by atoms with Crippen molar-refractivity contribution in [2.75, 3.05) is 0 Å². The molecule has 1 heterocycles. The van der Waals surface area contributed by atoms with Crippen LogP contribution in [-0.4, -0.2) is 21.2 Å². The average molecular weight is 207 g/mol. The van der Waals surface area contributed by atoms with E-state index in [9.17, 15) is 0 Å². The van der Waals surface area contributed by atoms with Crippen molar-refractivity contribution in [2.24, 2.45) is 12.2 Å². The minimum absolute atomic E-state index is 0.762. The van der Waals surface area contributed by atoms with Gasteiger partial charge < -0.3 is 5.21 Å². The van der Waals surface area contributed by atoms with Gasteiger partial charge >= 0.3 is 0 Å². The van der Waals surface area contributed by atoms with Gasteiger partial charge in [0.05, 0.1) is 7.05 Å². The van der Waals surface area contributed by atoms with Crippen molar-refractivity contribution in [3.05, 3.63) is 12.2 Å². The molecule has 1 aromatic heterocycles. The molecular weight excluding hydrogens is 192 g/mol. The van der Waals surface area contributed by atoms with E-state index in [1.54, 1.807) is 15.6 Å². The first kappa shape index (κ1) is 11.2. The van der Waals surface area contributed by atoms with E-state index in [0.717, 1.165) is 31.6 Å². The molecule has 15 heavy (non-hydrogen) atoms. The highest BCUT2D eigenvalue weighted by Gasteiger charge is 2.12. The van der Waals surface area contributed by atoms with Gasteiger partial charge in [-0.15, -0.1) is 17.0 Å². The molecule has 80 valence electrons. The summed E-state index contributed by atoms with van der Waals surface area (Å²) in [4.78, 5) is 0. The lowest BCUT2D eigenvalue weighted by Gasteiger charge is -1.95. The molecule has 0 aliphatic heterocycles. The van der Waals surface area contributed by atoms with Gasteiger partial charge in [-0.25, -0.2) is 4.57 Å². The maximum Gasteiger partial charge on any atom is 0.281 e. The van der Waals surface area contributed by atoms with E-state index in [1.165, 1.54) is 6.21 Å². The fourth-order valence-electron chi connectivity index (χ4n) is 1.31. The van der Waals surface area contributed by atoms with Gasteiger partial charge in [-0.3, -0.25) is 0 Å². The van der Waals surface area contributed by atoms with E-state index in [2.05, 4.69) is 16.2 Å². The first-order valence-electron chi connectivity index (χ1n) is 4.82. The molecule has 0 fully saturated rings. The number of aryl methyl sites for hydroxylation is 2. The van der Waals surface area contributed by atoms with Gasteiger partial charge in [-0.2, -0.15) is 0 Å². The highest BCUT2D eigenvalue weighted by Crippen LogP contribution is 1.98. The average Bonchev–Trinajstić information content (AvgIpc) is 2.57. The molecule has 0 spiro atoms. The van der Waals surface area contributed by atoms with E-state index >= 15 is 0 Å². The van der Waals surface area contributed by atoms with Crippen LogP contribution in [0.1, 0.15) is 25.1 Å². The predicted molar refractivity (Wildman–Crippen MR) is 55.5 cm³/mol. The molecule has 5 nitrogen and oxygen atoms in total. The summed E-state index contributed by atoms with van der Waals surface area (Å²) in [7, 11) is 1.85. The fourth-order valence-corrected chi connectivity index (χ4v) is 1.31. The molecule has 1 rings (SSSR count). The number of hydrogen-bond donors (Lipinski definition) is 1. The van der Waals surface area contributed by atoms with Crippen LogP contribution in [0.25, 0.3) is 0 Å². The summed E-state index contributed by atoms with van der Waals surface area (Å²) in [6.07, 6.45) is 10.9. The smallest absolute Gasteiger partial charge is 0.281 e. The second-order valence-electron chi connectivity index (χ2n) is 3.23. The third-order valence-electron chi connectivity index (χ3n) is 2.10. The van der Waals surface area contributed by atoms with Crippen molar-refractivity contribution in [3.63, 3.8) is 0 Å². The van der Waals surface area contributed by atoms with Crippen LogP contribution in [0, 0.1) is 12.3 Å². The quantitative estimate of drug-likeness (QED) is 0.189. The van der Waals surface area contributed by atoms with Gasteiger partial charge in [0.15, 0.2) is 0 Å². The molecular formula is C10H15N4O+. The molecule has 1 aromatic rings. The summed E-state index contributed by atoms with van der Waals surface area (Å²) in [6.45, 7) is 0.782. The molecule has 0 saturated carbocycles. The van der Waals surface area contributed by atoms with Crippen molar-refractivity contribution in [3.8, 4) is 12.3 Å². The van der Waals surface area contributed by atoms with E-state index in [0.29, 0.717) is 0 Å². The highest BCUT2D eigenvalue weighted by molar-refractivity contribution is 5.71. The fraction of sp³-hybridized carbons (Fsp3) is 0.500. The lowest BCUT2D eigenvalue weighted by atomic mass is 10.2. The van der Waals surface area contributed by atoms with Crippen LogP contribution in [-0.2, 0) is 13.6 Å². The number of hydrogen-bond acceptors (Lipinski definition) is 3. The molecule has 0 amide bonds. The monoisotopic (exact) mass is 207 g/mol. The summed E-state index contributed by atoms with van der Waals surface area (Å²) in [6, 6.07) is 0. The van der Waals surface area contributed by atoms with E-state index in [1.807, 2.05) is 7.05 Å². The van der Waals surface area contributed by atoms with E-state index in [4.69, 9.17) is 11.6 Å². The first-order chi connectivity index (χ1) is 7.29. The van der Waals surface area contributed by atoms with Crippen LogP contribution in [0.2, 0.25) is 0 Å². The van der Waals surface area contributed by atoms with Gasteiger partial charge in [-0.1, -0.05) is 5.16 Å². The Balaban J connectivity index is 2.57. The van der Waals surface area contributed by atoms with Gasteiger partial charge in [0.1, 0.15) is 12.8 Å². The van der Waals surface area contributed by atoms with Gasteiger partial charge in [0.25, 0.3) is 12.2 Å². The Bertz CT molecular complexity index is 375. The molecule has 0 radical (unpaired) electrons. The summed E-state index contributed by atoms with van der Waals surface area (Å²) in [5.74, 6) is 3.36. The Morgan fingerprint density at radius 2 is 2.53 bits per heavy atom. The van der Waals surface area contributed by atoms with Crippen molar-refractivity contribution in [1.82, 2.24) is 9.78 Å². The zero-order valence-corrected chi connectivity index (χ0v) is 8.80. The van der Waals surface area contributed by atoms with Crippen LogP contribution in [0.5, 0.6) is 0 Å². The van der Waals surface area contributed by atoms with E-state index < -0.39 is 0 Å². The van der Waals surface area contributed by atoms with Crippen molar-refractivity contribution in [1.29, 1.82) is 0 Å². The second-order valence-corrected chi connectivity index (χ2v) is 3.23. The summed E-state index contributed by atoms with van der Waals surface area (Å²) in [5.41, 5.74) is 0. The Morgan fingerprint density at radius 3 is 3.20 bits per heavy atom. The second kappa shape index (κ2) is 5.81. The van der Waals surface area contributed by atoms with Gasteiger partial charge in [0.2, 0.25) is 0 Å². The van der Waals surface area contributed by atoms with Crippen molar-refractivity contribution in [2.45, 2.75) is 25.8 Å². The van der Waals surface area contributed by atoms with Crippen LogP contribution in [0.15, 0.2) is 11.5 Å². The standard InChI is InChI=1S/C10H14N4O/c1-3-4-5-6-7-14-10(8-12-15)13(2)9-11-14/h1,8-9H,4-7H2,2H3/p+1. The largest absolute Gasteiger partial charge is 0.411 e. The van der Waals surface area contributed by atoms with E-state index in [-0.39, 0.29) is 0 Å². The summed E-state index contributed by atoms with van der Waals surface area (Å²) < 4.78 is 3.58. The Hall–Kier alpha value is -1.83. The maximum absolute atomic E-state index is 8.49. The molecule has 0 saturated heterocycles. The van der Waals surface area contributed by atoms with Crippen molar-refractivity contribution < 1.29 is 9.77 Å². The highest BCUT2D eigenvalue weighted by atomic mass is 16.4. The minimum atomic E-state index is 0.762. The Morgan fingerprint density at radius 1 is 1.73 bits per heavy atom. The van der Waals surface area contributed by atoms with Crippen LogP contribution >= 0.6 is 0 Å². The minimum Gasteiger partial charge on any atom is -0.411 e. The van der Waals surface area contributed by atoms with Crippen LogP contribution in [0.4, 0.5) is 0 Å². The number of unbranched alkanes of at least 4 members (excludes halogenated alkanes) is 2. The molecule has 0 atom stereocenters. The lowest BCUT2D eigenvalue weighted by Crippen LogP contribution is -2.32. The SMILES string of the molecule is C#CCCCCn1nc[n+](C)c1C=NO. The van der Waals surface area contributed by atoms with Crippen LogP contribution in [0.3, 0.4) is 0 Å². The number of rotatable bonds is 5. The molecule has 0 aliphatic carbocycles. The lowest BCUT2D eigenvalue weighted by molar-refractivity contribution is -0.673. The Kier molecular flexibility index (Phi) is 4.35. The molecule has 0 unspecified atom stereocenters. The zero-order valence-electron chi connectivity index (χ0n) is 8.80. The third-order valence-corrected chi connectivity index (χ3v) is 2.10. The Labute approximate surface area is 89.0 Å². The van der Waals surface area contributed by atoms with Gasteiger partial charge in [-0.05, 0) is 12.8 Å². The molecule has 5 heteroatoms. The van der Waals surface area contributed by atoms with Crippen molar-refractivity contribution >= 4 is 6.21 Å². The summed E-state index contributed by atoms with van der Waals surface area (Å²) in [5, 5.41) is 15.6. The van der Waals surface area contributed by atoms with Gasteiger partial charge in [0, 0.05) is 11.5 Å². The predicted octanol–water partition coefficient (Wildman–Crippen LogP) is 0.319. The molecule has 0 aromatic carbocycles. The normalized spacial score (nSPS) is 10.7. The topological polar surface area (TPSA) is 54.3 Å². The van der Waals surface area contributed by atoms with Crippen LogP contribution < -0.4 is 4.57 Å². The molecule has 0 bridgehead atoms. The summed E-state index contributed by atoms with van der Waals surface area (Å²) >= 11 is 0. The number of terminal acetylenes is 1. The number of oxime groups is 1.